The fraction of sp³-hybridized carbons (Fsp3) is 0.533. The van der Waals surface area contributed by atoms with Crippen molar-refractivity contribution in [1.29, 1.82) is 0 Å². The molecule has 2 N–H and O–H groups in total. The van der Waals surface area contributed by atoms with Gasteiger partial charge in [-0.3, -0.25) is 4.79 Å². The summed E-state index contributed by atoms with van der Waals surface area (Å²) in [5, 5.41) is 12.9. The van der Waals surface area contributed by atoms with Crippen LogP contribution < -0.4 is 5.32 Å². The lowest BCUT2D eigenvalue weighted by Crippen LogP contribution is -2.42. The van der Waals surface area contributed by atoms with E-state index in [9.17, 15) is 9.90 Å². The van der Waals surface area contributed by atoms with Crippen molar-refractivity contribution in [1.82, 2.24) is 5.32 Å². The fourth-order valence-electron chi connectivity index (χ4n) is 1.68. The number of benzene rings is 1. The Morgan fingerprint density at radius 2 is 1.95 bits per heavy atom. The first-order chi connectivity index (χ1) is 9.00. The second kappa shape index (κ2) is 7.56. The standard InChI is InChI=1S/C15H23NO2S/c1-4-15(18,5-2)11-16-14(17)10-19-13-9-7-6-8-12(13)3/h6-9,18H,4-5,10-11H2,1-3H3,(H,16,17). The Morgan fingerprint density at radius 3 is 2.53 bits per heavy atom. The molecule has 0 fully saturated rings. The van der Waals surface area contributed by atoms with E-state index in [4.69, 9.17) is 0 Å². The van der Waals surface area contributed by atoms with E-state index in [-0.39, 0.29) is 5.91 Å². The van der Waals surface area contributed by atoms with Crippen LogP contribution in [-0.2, 0) is 4.79 Å². The molecule has 1 amide bonds. The number of carbonyl (C=O) groups is 1. The summed E-state index contributed by atoms with van der Waals surface area (Å²) in [6, 6.07) is 8.01. The summed E-state index contributed by atoms with van der Waals surface area (Å²) in [4.78, 5) is 12.9. The van der Waals surface area contributed by atoms with Gasteiger partial charge in [0.1, 0.15) is 0 Å². The molecule has 4 heteroatoms. The molecule has 0 saturated carbocycles. The molecule has 1 rings (SSSR count). The number of aliphatic hydroxyl groups is 1. The molecule has 0 atom stereocenters. The van der Waals surface area contributed by atoms with Crippen molar-refractivity contribution in [3.63, 3.8) is 0 Å². The molecule has 0 aliphatic carbocycles. The molecular formula is C15H23NO2S. The SMILES string of the molecule is CCC(O)(CC)CNC(=O)CSc1ccccc1C. The van der Waals surface area contributed by atoms with Crippen LogP contribution in [0.25, 0.3) is 0 Å². The van der Waals surface area contributed by atoms with Gasteiger partial charge in [0.05, 0.1) is 11.4 Å². The van der Waals surface area contributed by atoms with Crippen molar-refractivity contribution < 1.29 is 9.90 Å². The fourth-order valence-corrected chi connectivity index (χ4v) is 2.53. The van der Waals surface area contributed by atoms with Crippen LogP contribution >= 0.6 is 11.8 Å². The molecule has 0 aliphatic heterocycles. The number of rotatable bonds is 7. The molecule has 0 aliphatic rings. The van der Waals surface area contributed by atoms with Gasteiger partial charge in [-0.05, 0) is 31.4 Å². The Hall–Kier alpha value is -1.00. The van der Waals surface area contributed by atoms with Crippen molar-refractivity contribution in [2.45, 2.75) is 44.1 Å². The molecule has 19 heavy (non-hydrogen) atoms. The average Bonchev–Trinajstić information content (AvgIpc) is 2.44. The maximum absolute atomic E-state index is 11.8. The van der Waals surface area contributed by atoms with E-state index in [0.717, 1.165) is 4.90 Å². The Bertz CT molecular complexity index is 416. The first-order valence-electron chi connectivity index (χ1n) is 6.68. The lowest BCUT2D eigenvalue weighted by Gasteiger charge is -2.25. The highest BCUT2D eigenvalue weighted by Gasteiger charge is 2.22. The van der Waals surface area contributed by atoms with Gasteiger partial charge in [-0.25, -0.2) is 0 Å². The number of hydrogen-bond acceptors (Lipinski definition) is 3. The molecular weight excluding hydrogens is 258 g/mol. The minimum atomic E-state index is -0.775. The number of thioether (sulfide) groups is 1. The summed E-state index contributed by atoms with van der Waals surface area (Å²) >= 11 is 1.53. The average molecular weight is 281 g/mol. The summed E-state index contributed by atoms with van der Waals surface area (Å²) < 4.78 is 0. The molecule has 0 bridgehead atoms. The predicted molar refractivity (Wildman–Crippen MR) is 80.4 cm³/mol. The van der Waals surface area contributed by atoms with Gasteiger partial charge >= 0.3 is 0 Å². The molecule has 1 aromatic rings. The van der Waals surface area contributed by atoms with Crippen LogP contribution in [0.2, 0.25) is 0 Å². The molecule has 0 saturated heterocycles. The number of carbonyl (C=O) groups excluding carboxylic acids is 1. The minimum Gasteiger partial charge on any atom is -0.388 e. The molecule has 0 spiro atoms. The van der Waals surface area contributed by atoms with E-state index in [1.54, 1.807) is 0 Å². The van der Waals surface area contributed by atoms with E-state index in [2.05, 4.69) is 5.32 Å². The maximum Gasteiger partial charge on any atom is 0.230 e. The van der Waals surface area contributed by atoms with Gasteiger partial charge in [0.15, 0.2) is 0 Å². The third-order valence-electron chi connectivity index (χ3n) is 3.38. The van der Waals surface area contributed by atoms with Crippen molar-refractivity contribution in [3.8, 4) is 0 Å². The van der Waals surface area contributed by atoms with Crippen LogP contribution in [0.1, 0.15) is 32.3 Å². The largest absolute Gasteiger partial charge is 0.388 e. The van der Waals surface area contributed by atoms with Gasteiger partial charge in [0.2, 0.25) is 5.91 Å². The van der Waals surface area contributed by atoms with Crippen molar-refractivity contribution in [2.24, 2.45) is 0 Å². The smallest absolute Gasteiger partial charge is 0.230 e. The maximum atomic E-state index is 11.8. The zero-order chi connectivity index (χ0) is 14.3. The first-order valence-corrected chi connectivity index (χ1v) is 7.67. The monoisotopic (exact) mass is 281 g/mol. The van der Waals surface area contributed by atoms with Crippen molar-refractivity contribution >= 4 is 17.7 Å². The summed E-state index contributed by atoms with van der Waals surface area (Å²) in [5.41, 5.74) is 0.405. The van der Waals surface area contributed by atoms with E-state index < -0.39 is 5.60 Å². The van der Waals surface area contributed by atoms with Crippen LogP contribution in [0, 0.1) is 6.92 Å². The van der Waals surface area contributed by atoms with Crippen molar-refractivity contribution in [2.75, 3.05) is 12.3 Å². The highest BCUT2D eigenvalue weighted by molar-refractivity contribution is 8.00. The number of amides is 1. The third-order valence-corrected chi connectivity index (χ3v) is 4.56. The molecule has 1 aromatic carbocycles. The molecule has 0 heterocycles. The van der Waals surface area contributed by atoms with Crippen LogP contribution in [-0.4, -0.2) is 28.9 Å². The van der Waals surface area contributed by atoms with Gasteiger partial charge in [-0.2, -0.15) is 0 Å². The zero-order valence-electron chi connectivity index (χ0n) is 11.9. The summed E-state index contributed by atoms with van der Waals surface area (Å²) in [6.45, 7) is 6.22. The summed E-state index contributed by atoms with van der Waals surface area (Å²) in [5.74, 6) is 0.350. The number of aryl methyl sites for hydroxylation is 1. The van der Waals surface area contributed by atoms with E-state index in [1.165, 1.54) is 17.3 Å². The van der Waals surface area contributed by atoms with Gasteiger partial charge in [0, 0.05) is 11.4 Å². The molecule has 106 valence electrons. The lowest BCUT2D eigenvalue weighted by atomic mass is 9.98. The highest BCUT2D eigenvalue weighted by atomic mass is 32.2. The Morgan fingerprint density at radius 1 is 1.32 bits per heavy atom. The highest BCUT2D eigenvalue weighted by Crippen LogP contribution is 2.21. The Kier molecular flexibility index (Phi) is 6.38. The Labute approximate surface area is 119 Å². The number of nitrogens with one attached hydrogen (secondary N) is 1. The Balaban J connectivity index is 2.39. The van der Waals surface area contributed by atoms with E-state index >= 15 is 0 Å². The summed E-state index contributed by atoms with van der Waals surface area (Å²) in [7, 11) is 0. The first kappa shape index (κ1) is 16.1. The topological polar surface area (TPSA) is 49.3 Å². The second-order valence-electron chi connectivity index (χ2n) is 4.76. The molecule has 0 unspecified atom stereocenters. The van der Waals surface area contributed by atoms with Gasteiger partial charge < -0.3 is 10.4 Å². The van der Waals surface area contributed by atoms with Gasteiger partial charge in [-0.1, -0.05) is 32.0 Å². The quantitative estimate of drug-likeness (QED) is 0.756. The van der Waals surface area contributed by atoms with Crippen molar-refractivity contribution in [3.05, 3.63) is 29.8 Å². The zero-order valence-corrected chi connectivity index (χ0v) is 12.7. The van der Waals surface area contributed by atoms with Crippen LogP contribution in [0.3, 0.4) is 0 Å². The summed E-state index contributed by atoms with van der Waals surface area (Å²) in [6.07, 6.45) is 1.30. The van der Waals surface area contributed by atoms with Crippen LogP contribution in [0.5, 0.6) is 0 Å². The third kappa shape index (κ3) is 5.25. The second-order valence-corrected chi connectivity index (χ2v) is 5.78. The predicted octanol–water partition coefficient (Wildman–Crippen LogP) is 2.75. The van der Waals surface area contributed by atoms with E-state index in [0.29, 0.717) is 25.1 Å². The number of hydrogen-bond donors (Lipinski definition) is 2. The van der Waals surface area contributed by atoms with E-state index in [1.807, 2.05) is 45.0 Å². The van der Waals surface area contributed by atoms with Gasteiger partial charge in [-0.15, -0.1) is 11.8 Å². The lowest BCUT2D eigenvalue weighted by molar-refractivity contribution is -0.119. The van der Waals surface area contributed by atoms with Crippen LogP contribution in [0.15, 0.2) is 29.2 Å². The molecule has 3 nitrogen and oxygen atoms in total. The normalized spacial score (nSPS) is 11.4. The van der Waals surface area contributed by atoms with Gasteiger partial charge in [0.25, 0.3) is 0 Å². The van der Waals surface area contributed by atoms with Crippen LogP contribution in [0.4, 0.5) is 0 Å². The molecule has 0 radical (unpaired) electrons. The molecule has 0 aromatic heterocycles. The minimum absolute atomic E-state index is 0.0337.